The second-order valence-electron chi connectivity index (χ2n) is 7.38. The van der Waals surface area contributed by atoms with Crippen LogP contribution >= 0.6 is 0 Å². The molecule has 1 aliphatic rings. The van der Waals surface area contributed by atoms with Crippen LogP contribution in [0.4, 0.5) is 0 Å². The highest BCUT2D eigenvalue weighted by Crippen LogP contribution is 2.25. The molecule has 0 spiro atoms. The maximum atomic E-state index is 12.5. The molecule has 0 saturated carbocycles. The highest BCUT2D eigenvalue weighted by atomic mass is 16.2. The van der Waals surface area contributed by atoms with Crippen LogP contribution in [0.15, 0.2) is 24.3 Å². The average Bonchev–Trinajstić information content (AvgIpc) is 3.22. The van der Waals surface area contributed by atoms with Gasteiger partial charge in [0, 0.05) is 31.7 Å². The van der Waals surface area contributed by atoms with Crippen molar-refractivity contribution in [2.45, 2.75) is 46.1 Å². The molecule has 1 aromatic rings. The third-order valence-electron chi connectivity index (χ3n) is 5.81. The Morgan fingerprint density at radius 3 is 2.26 bits per heavy atom. The number of rotatable bonds is 10. The fourth-order valence-electron chi connectivity index (χ4n) is 3.53. The predicted octanol–water partition coefficient (Wildman–Crippen LogP) is 1.89. The molecule has 0 unspecified atom stereocenters. The number of nitrogens with two attached hydrogens (primary N) is 1. The molecule has 0 aromatic heterocycles. The van der Waals surface area contributed by atoms with Crippen LogP contribution in [-0.2, 0) is 11.3 Å². The van der Waals surface area contributed by atoms with E-state index in [0.717, 1.165) is 38.0 Å². The minimum atomic E-state index is -0.491. The van der Waals surface area contributed by atoms with E-state index in [4.69, 9.17) is 5.73 Å². The Kier molecular flexibility index (Phi) is 8.25. The summed E-state index contributed by atoms with van der Waals surface area (Å²) in [4.78, 5) is 27.1. The second kappa shape index (κ2) is 10.4. The fraction of sp³-hybridized carbons (Fsp3) is 0.619. The minimum Gasteiger partial charge on any atom is -0.352 e. The monoisotopic (exact) mass is 374 g/mol. The molecule has 1 heterocycles. The van der Waals surface area contributed by atoms with Crippen molar-refractivity contribution in [1.29, 1.82) is 0 Å². The number of hydrogen-bond acceptors (Lipinski definition) is 4. The Hall–Kier alpha value is -1.92. The molecule has 4 N–H and O–H groups in total. The second-order valence-corrected chi connectivity index (χ2v) is 7.38. The molecule has 6 heteroatoms. The van der Waals surface area contributed by atoms with E-state index in [-0.39, 0.29) is 11.8 Å². The molecule has 1 saturated heterocycles. The van der Waals surface area contributed by atoms with Gasteiger partial charge in [-0.2, -0.15) is 0 Å². The van der Waals surface area contributed by atoms with E-state index in [9.17, 15) is 9.59 Å². The van der Waals surface area contributed by atoms with Crippen LogP contribution in [0.2, 0.25) is 0 Å². The quantitative estimate of drug-likeness (QED) is 0.584. The smallest absolute Gasteiger partial charge is 0.251 e. The number of likely N-dealkylation sites (tertiary alicyclic amines) is 1. The van der Waals surface area contributed by atoms with Crippen LogP contribution in [0, 0.1) is 5.41 Å². The third kappa shape index (κ3) is 5.78. The van der Waals surface area contributed by atoms with Gasteiger partial charge in [0.15, 0.2) is 0 Å². The molecule has 150 valence electrons. The van der Waals surface area contributed by atoms with Crippen molar-refractivity contribution in [2.75, 3.05) is 32.7 Å². The highest BCUT2D eigenvalue weighted by molar-refractivity contribution is 5.94. The van der Waals surface area contributed by atoms with E-state index in [0.29, 0.717) is 25.2 Å². The SMILES string of the molecule is CCC(CC)(CN)C(=O)NCc1ccc(C(=O)NCCN2CCCC2)cc1. The lowest BCUT2D eigenvalue weighted by Gasteiger charge is -2.28. The van der Waals surface area contributed by atoms with Crippen LogP contribution < -0.4 is 16.4 Å². The largest absolute Gasteiger partial charge is 0.352 e. The van der Waals surface area contributed by atoms with E-state index in [1.807, 2.05) is 38.1 Å². The molecule has 1 aromatic carbocycles. The summed E-state index contributed by atoms with van der Waals surface area (Å²) in [6.07, 6.45) is 3.97. The zero-order chi connectivity index (χ0) is 19.7. The summed E-state index contributed by atoms with van der Waals surface area (Å²) in [5.74, 6) is -0.0531. The van der Waals surface area contributed by atoms with E-state index in [1.165, 1.54) is 12.8 Å². The van der Waals surface area contributed by atoms with E-state index in [2.05, 4.69) is 15.5 Å². The van der Waals surface area contributed by atoms with Crippen LogP contribution in [0.5, 0.6) is 0 Å². The summed E-state index contributed by atoms with van der Waals surface area (Å²) in [5, 5.41) is 5.96. The summed E-state index contributed by atoms with van der Waals surface area (Å²) in [7, 11) is 0. The van der Waals surface area contributed by atoms with E-state index in [1.54, 1.807) is 0 Å². The normalized spacial score (nSPS) is 14.9. The Labute approximate surface area is 162 Å². The minimum absolute atomic E-state index is 0.00117. The molecular formula is C21H34N4O2. The highest BCUT2D eigenvalue weighted by Gasteiger charge is 2.32. The average molecular weight is 375 g/mol. The van der Waals surface area contributed by atoms with Gasteiger partial charge < -0.3 is 21.3 Å². The first-order chi connectivity index (χ1) is 13.0. The lowest BCUT2D eigenvalue weighted by atomic mass is 9.81. The van der Waals surface area contributed by atoms with Crippen molar-refractivity contribution >= 4 is 11.8 Å². The van der Waals surface area contributed by atoms with E-state index < -0.39 is 5.41 Å². The lowest BCUT2D eigenvalue weighted by Crippen LogP contribution is -2.45. The zero-order valence-electron chi connectivity index (χ0n) is 16.7. The van der Waals surface area contributed by atoms with Gasteiger partial charge in [-0.3, -0.25) is 9.59 Å². The van der Waals surface area contributed by atoms with Gasteiger partial charge in [-0.25, -0.2) is 0 Å². The van der Waals surface area contributed by atoms with Crippen LogP contribution in [0.25, 0.3) is 0 Å². The maximum Gasteiger partial charge on any atom is 0.251 e. The first-order valence-electron chi connectivity index (χ1n) is 10.1. The van der Waals surface area contributed by atoms with Crippen LogP contribution in [-0.4, -0.2) is 49.4 Å². The molecule has 1 aliphatic heterocycles. The van der Waals surface area contributed by atoms with Gasteiger partial charge in [0.25, 0.3) is 5.91 Å². The van der Waals surface area contributed by atoms with Gasteiger partial charge in [0.2, 0.25) is 5.91 Å². The van der Waals surface area contributed by atoms with Crippen molar-refractivity contribution in [1.82, 2.24) is 15.5 Å². The number of amides is 2. The molecule has 1 fully saturated rings. The number of carbonyl (C=O) groups excluding carboxylic acids is 2. The molecule has 27 heavy (non-hydrogen) atoms. The number of hydrogen-bond donors (Lipinski definition) is 3. The molecular weight excluding hydrogens is 340 g/mol. The van der Waals surface area contributed by atoms with Crippen molar-refractivity contribution < 1.29 is 9.59 Å². The molecule has 0 atom stereocenters. The topological polar surface area (TPSA) is 87.5 Å². The van der Waals surface area contributed by atoms with E-state index >= 15 is 0 Å². The molecule has 0 radical (unpaired) electrons. The predicted molar refractivity (Wildman–Crippen MR) is 108 cm³/mol. The first-order valence-corrected chi connectivity index (χ1v) is 10.1. The van der Waals surface area contributed by atoms with Crippen molar-refractivity contribution in [3.05, 3.63) is 35.4 Å². The van der Waals surface area contributed by atoms with Crippen LogP contribution in [0.1, 0.15) is 55.5 Å². The Morgan fingerprint density at radius 2 is 1.70 bits per heavy atom. The van der Waals surface area contributed by atoms with Gasteiger partial charge in [-0.1, -0.05) is 26.0 Å². The maximum absolute atomic E-state index is 12.5. The Bertz CT molecular complexity index is 597. The Balaban J connectivity index is 1.80. The van der Waals surface area contributed by atoms with Gasteiger partial charge in [-0.15, -0.1) is 0 Å². The summed E-state index contributed by atoms with van der Waals surface area (Å²) in [5.41, 5.74) is 6.94. The number of benzene rings is 1. The summed E-state index contributed by atoms with van der Waals surface area (Å²) in [6, 6.07) is 7.39. The zero-order valence-corrected chi connectivity index (χ0v) is 16.7. The fourth-order valence-corrected chi connectivity index (χ4v) is 3.53. The summed E-state index contributed by atoms with van der Waals surface area (Å²) >= 11 is 0. The van der Waals surface area contributed by atoms with Gasteiger partial charge in [-0.05, 0) is 56.5 Å². The van der Waals surface area contributed by atoms with Crippen LogP contribution in [0.3, 0.4) is 0 Å². The number of nitrogens with zero attached hydrogens (tertiary/aromatic N) is 1. The molecule has 0 bridgehead atoms. The van der Waals surface area contributed by atoms with Crippen molar-refractivity contribution in [3.63, 3.8) is 0 Å². The standard InChI is InChI=1S/C21H34N4O2/c1-3-21(4-2,16-22)20(27)24-15-17-7-9-18(10-8-17)19(26)23-11-14-25-12-5-6-13-25/h7-10H,3-6,11-16,22H2,1-2H3,(H,23,26)(H,24,27). The molecule has 0 aliphatic carbocycles. The number of nitrogens with one attached hydrogen (secondary N) is 2. The van der Waals surface area contributed by atoms with Gasteiger partial charge in [0.1, 0.15) is 0 Å². The third-order valence-corrected chi connectivity index (χ3v) is 5.81. The van der Waals surface area contributed by atoms with Crippen molar-refractivity contribution in [2.24, 2.45) is 11.1 Å². The van der Waals surface area contributed by atoms with Crippen molar-refractivity contribution in [3.8, 4) is 0 Å². The summed E-state index contributed by atoms with van der Waals surface area (Å²) in [6.45, 7) is 8.63. The lowest BCUT2D eigenvalue weighted by molar-refractivity contribution is -0.131. The Morgan fingerprint density at radius 1 is 1.07 bits per heavy atom. The van der Waals surface area contributed by atoms with Gasteiger partial charge in [0.05, 0.1) is 5.41 Å². The first kappa shape index (κ1) is 21.4. The summed E-state index contributed by atoms with van der Waals surface area (Å²) < 4.78 is 0. The molecule has 2 amide bonds. The molecule has 2 rings (SSSR count). The molecule has 6 nitrogen and oxygen atoms in total. The number of carbonyl (C=O) groups is 2. The van der Waals surface area contributed by atoms with Gasteiger partial charge >= 0.3 is 0 Å².